The first kappa shape index (κ1) is 49.6. The minimum absolute atomic E-state index is 0.130. The van der Waals surface area contributed by atoms with E-state index in [-0.39, 0.29) is 21.7 Å². The average Bonchev–Trinajstić information content (AvgIpc) is 3.95. The molecule has 11 rings (SSSR count). The number of fused-ring (bicyclic) bond motifs is 6. The lowest BCUT2D eigenvalue weighted by Gasteiger charge is -2.26. The summed E-state index contributed by atoms with van der Waals surface area (Å²) in [5.74, 6) is 1.79. The molecule has 0 aliphatic rings. The van der Waals surface area contributed by atoms with Gasteiger partial charge in [0.1, 0.15) is 0 Å². The lowest BCUT2D eigenvalue weighted by atomic mass is 9.79. The maximum atomic E-state index is 10.1. The molecule has 7 heteroatoms. The van der Waals surface area contributed by atoms with Gasteiger partial charge in [0, 0.05) is 49.4 Å². The SMILES string of the molecule is CC(C)(C)c1cc(-c2nc(-c3cc(C(C)(C)C)cc(C(C)(C)C)c3)nc(-c3ccc(-n4c5ccccc5c5ccccc54)c(-c4ccccc4-n4c5ccc(C#N)cc5c5cc(C#N)ccc54)c3)n2)cc(C(C)(C)C)c1. The van der Waals surface area contributed by atoms with Crippen molar-refractivity contribution in [2.24, 2.45) is 0 Å². The van der Waals surface area contributed by atoms with Crippen LogP contribution in [0, 0.1) is 22.7 Å². The van der Waals surface area contributed by atoms with Crippen LogP contribution in [-0.4, -0.2) is 24.1 Å². The Bertz CT molecular complexity index is 3950. The molecule has 0 saturated carbocycles. The summed E-state index contributed by atoms with van der Waals surface area (Å²) >= 11 is 0. The van der Waals surface area contributed by atoms with Gasteiger partial charge in [-0.15, -0.1) is 0 Å². The van der Waals surface area contributed by atoms with Crippen molar-refractivity contribution >= 4 is 43.6 Å². The van der Waals surface area contributed by atoms with E-state index in [4.69, 9.17) is 15.0 Å². The second-order valence-corrected chi connectivity index (χ2v) is 24.5. The van der Waals surface area contributed by atoms with E-state index < -0.39 is 0 Å². The fourth-order valence-corrected chi connectivity index (χ4v) is 10.6. The Labute approximate surface area is 446 Å². The summed E-state index contributed by atoms with van der Waals surface area (Å²) in [7, 11) is 0. The summed E-state index contributed by atoms with van der Waals surface area (Å²) in [6.45, 7) is 27.2. The van der Waals surface area contributed by atoms with Gasteiger partial charge in [0.25, 0.3) is 0 Å². The smallest absolute Gasteiger partial charge is 0.164 e. The van der Waals surface area contributed by atoms with Gasteiger partial charge in [0.05, 0.1) is 56.7 Å². The number of benzene rings is 8. The van der Waals surface area contributed by atoms with E-state index in [1.807, 2.05) is 36.4 Å². The number of hydrogen-bond acceptors (Lipinski definition) is 5. The number of nitrogens with zero attached hydrogens (tertiary/aromatic N) is 7. The van der Waals surface area contributed by atoms with Gasteiger partial charge in [-0.25, -0.2) is 15.0 Å². The Hall–Kier alpha value is -8.65. The van der Waals surface area contributed by atoms with Crippen LogP contribution in [0.2, 0.25) is 0 Å². The second-order valence-electron chi connectivity index (χ2n) is 24.5. The normalized spacial score (nSPS) is 12.4. The Kier molecular flexibility index (Phi) is 11.8. The van der Waals surface area contributed by atoms with Crippen LogP contribution in [0.4, 0.5) is 0 Å². The molecule has 0 fully saturated rings. The Morgan fingerprint density at radius 3 is 1.12 bits per heavy atom. The molecular formula is C69H63N7. The van der Waals surface area contributed by atoms with Crippen molar-refractivity contribution < 1.29 is 0 Å². The number of hydrogen-bond donors (Lipinski definition) is 0. The van der Waals surface area contributed by atoms with Crippen molar-refractivity contribution in [3.05, 3.63) is 197 Å². The first-order chi connectivity index (χ1) is 36.1. The maximum Gasteiger partial charge on any atom is 0.164 e. The molecule has 0 aliphatic heterocycles. The van der Waals surface area contributed by atoms with E-state index in [1.54, 1.807) is 0 Å². The number of nitriles is 2. The molecule has 3 heterocycles. The average molecular weight is 990 g/mol. The molecular weight excluding hydrogens is 927 g/mol. The van der Waals surface area contributed by atoms with Crippen LogP contribution in [0.15, 0.2) is 164 Å². The highest BCUT2D eigenvalue weighted by molar-refractivity contribution is 6.12. The van der Waals surface area contributed by atoms with E-state index >= 15 is 0 Å². The van der Waals surface area contributed by atoms with E-state index in [1.165, 1.54) is 22.3 Å². The van der Waals surface area contributed by atoms with Gasteiger partial charge in [-0.2, -0.15) is 10.5 Å². The summed E-state index contributed by atoms with van der Waals surface area (Å²) in [6.07, 6.45) is 0. The molecule has 0 unspecified atom stereocenters. The Balaban J connectivity index is 1.24. The van der Waals surface area contributed by atoms with Crippen LogP contribution in [0.25, 0.3) is 100 Å². The van der Waals surface area contributed by atoms with Crippen molar-refractivity contribution in [1.29, 1.82) is 10.5 Å². The molecule has 0 radical (unpaired) electrons. The first-order valence-electron chi connectivity index (χ1n) is 26.3. The third-order valence-electron chi connectivity index (χ3n) is 15.0. The highest BCUT2D eigenvalue weighted by Gasteiger charge is 2.27. The predicted octanol–water partition coefficient (Wildman–Crippen LogP) is 17.7. The monoisotopic (exact) mass is 990 g/mol. The van der Waals surface area contributed by atoms with Crippen molar-refractivity contribution in [2.45, 2.75) is 105 Å². The topological polar surface area (TPSA) is 96.1 Å². The van der Waals surface area contributed by atoms with Crippen LogP contribution >= 0.6 is 0 Å². The Morgan fingerprint density at radius 1 is 0.329 bits per heavy atom. The summed E-state index contributed by atoms with van der Waals surface area (Å²) in [5.41, 5.74) is 16.1. The molecule has 76 heavy (non-hydrogen) atoms. The highest BCUT2D eigenvalue weighted by atomic mass is 15.0. The van der Waals surface area contributed by atoms with E-state index in [9.17, 15) is 10.5 Å². The van der Waals surface area contributed by atoms with Gasteiger partial charge in [-0.05, 0) is 141 Å². The lowest BCUT2D eigenvalue weighted by Crippen LogP contribution is -2.17. The van der Waals surface area contributed by atoms with Crippen molar-refractivity contribution in [3.63, 3.8) is 0 Å². The summed E-state index contributed by atoms with van der Waals surface area (Å²) in [4.78, 5) is 16.5. The molecule has 374 valence electrons. The molecule has 0 spiro atoms. The van der Waals surface area contributed by atoms with Crippen LogP contribution in [-0.2, 0) is 21.7 Å². The molecule has 0 aliphatic carbocycles. The van der Waals surface area contributed by atoms with Crippen LogP contribution in [0.3, 0.4) is 0 Å². The summed E-state index contributed by atoms with van der Waals surface area (Å²) < 4.78 is 4.65. The van der Waals surface area contributed by atoms with Gasteiger partial charge >= 0.3 is 0 Å². The maximum absolute atomic E-state index is 10.1. The third-order valence-corrected chi connectivity index (χ3v) is 15.0. The molecule has 0 N–H and O–H groups in total. The zero-order chi connectivity index (χ0) is 53.6. The molecule has 11 aromatic rings. The fourth-order valence-electron chi connectivity index (χ4n) is 10.6. The zero-order valence-corrected chi connectivity index (χ0v) is 45.7. The quantitative estimate of drug-likeness (QED) is 0.165. The molecule has 0 bridgehead atoms. The lowest BCUT2D eigenvalue weighted by molar-refractivity contribution is 0.568. The largest absolute Gasteiger partial charge is 0.309 e. The van der Waals surface area contributed by atoms with Crippen LogP contribution < -0.4 is 0 Å². The standard InChI is InChI=1S/C69H63N7/c1-66(2,3)47-33-45(34-48(38-47)67(4,5)6)64-72-63(73-65(74-64)46-35-49(68(7,8)9)39-50(36-46)69(10,11)12)44-27-30-62(75-57-22-16-13-19-51(57)52-20-14-17-23-58(52)75)56(37-44)53-21-15-18-24-59(53)76-60-28-25-42(40-70)31-54(60)55-32-43(41-71)26-29-61(55)76/h13-39H,1-12H3. The van der Waals surface area contributed by atoms with Crippen LogP contribution in [0.1, 0.15) is 116 Å². The Morgan fingerprint density at radius 2 is 0.697 bits per heavy atom. The highest BCUT2D eigenvalue weighted by Crippen LogP contribution is 2.44. The second kappa shape index (κ2) is 18.0. The summed E-state index contributed by atoms with van der Waals surface area (Å²) in [6, 6.07) is 62.5. The number of rotatable bonds is 6. The van der Waals surface area contributed by atoms with Gasteiger partial charge in [0.2, 0.25) is 0 Å². The third kappa shape index (κ3) is 8.80. The van der Waals surface area contributed by atoms with Crippen molar-refractivity contribution in [3.8, 4) is 68.8 Å². The molecule has 0 saturated heterocycles. The van der Waals surface area contributed by atoms with Gasteiger partial charge in [-0.1, -0.05) is 150 Å². The minimum atomic E-state index is -0.130. The minimum Gasteiger partial charge on any atom is -0.309 e. The molecule has 3 aromatic heterocycles. The van der Waals surface area contributed by atoms with Gasteiger partial charge in [0.15, 0.2) is 17.5 Å². The number of aromatic nitrogens is 5. The van der Waals surface area contributed by atoms with Crippen LogP contribution in [0.5, 0.6) is 0 Å². The molecule has 8 aromatic carbocycles. The first-order valence-corrected chi connectivity index (χ1v) is 26.3. The van der Waals surface area contributed by atoms with E-state index in [2.05, 4.69) is 232 Å². The van der Waals surface area contributed by atoms with Gasteiger partial charge in [-0.3, -0.25) is 0 Å². The zero-order valence-electron chi connectivity index (χ0n) is 45.7. The number of para-hydroxylation sites is 3. The summed E-state index contributed by atoms with van der Waals surface area (Å²) in [5, 5.41) is 24.3. The molecule has 0 amide bonds. The van der Waals surface area contributed by atoms with Crippen molar-refractivity contribution in [1.82, 2.24) is 24.1 Å². The molecule has 7 nitrogen and oxygen atoms in total. The van der Waals surface area contributed by atoms with Crippen molar-refractivity contribution in [2.75, 3.05) is 0 Å². The van der Waals surface area contributed by atoms with E-state index in [0.717, 1.165) is 82.8 Å². The molecule has 0 atom stereocenters. The van der Waals surface area contributed by atoms with Gasteiger partial charge < -0.3 is 9.13 Å². The predicted molar refractivity (Wildman–Crippen MR) is 314 cm³/mol. The van der Waals surface area contributed by atoms with E-state index in [0.29, 0.717) is 28.6 Å². The fraction of sp³-hybridized carbons (Fsp3) is 0.232.